The highest BCUT2D eigenvalue weighted by Crippen LogP contribution is 2.29. The fourth-order valence-corrected chi connectivity index (χ4v) is 3.69. The maximum atomic E-state index is 12.8. The molecule has 23 heavy (non-hydrogen) atoms. The van der Waals surface area contributed by atoms with Gasteiger partial charge in [0.15, 0.2) is 9.84 Å². The normalized spacial score (nSPS) is 17.7. The summed E-state index contributed by atoms with van der Waals surface area (Å²) in [4.78, 5) is 12.4. The Morgan fingerprint density at radius 1 is 1.26 bits per heavy atom. The Bertz CT molecular complexity index is 640. The van der Waals surface area contributed by atoms with E-state index in [-0.39, 0.29) is 29.6 Å². The van der Waals surface area contributed by atoms with Gasteiger partial charge in [0.25, 0.3) is 0 Å². The van der Waals surface area contributed by atoms with Gasteiger partial charge in [0.05, 0.1) is 16.1 Å². The topological polar surface area (TPSA) is 98.5 Å². The predicted molar refractivity (Wildman–Crippen MR) is 83.0 cm³/mol. The molecule has 0 atom stereocenters. The zero-order valence-electron chi connectivity index (χ0n) is 12.8. The van der Waals surface area contributed by atoms with Gasteiger partial charge in [-0.05, 0) is 37.1 Å². The molecule has 0 radical (unpaired) electrons. The molecule has 0 unspecified atom stereocenters. The minimum atomic E-state index is -3.57. The highest BCUT2D eigenvalue weighted by Gasteiger charge is 2.38. The van der Waals surface area contributed by atoms with E-state index in [1.807, 2.05) is 0 Å². The fourth-order valence-electron chi connectivity index (χ4n) is 2.53. The summed E-state index contributed by atoms with van der Waals surface area (Å²) in [6, 6.07) is 4.62. The van der Waals surface area contributed by atoms with Gasteiger partial charge in [-0.1, -0.05) is 0 Å². The Hall–Kier alpha value is -1.51. The van der Waals surface area contributed by atoms with Gasteiger partial charge in [-0.15, -0.1) is 0 Å². The summed E-state index contributed by atoms with van der Waals surface area (Å²) < 4.78 is 42.4. The molecule has 1 aromatic carbocycles. The van der Waals surface area contributed by atoms with Crippen LogP contribution >= 0.6 is 0 Å². The van der Waals surface area contributed by atoms with E-state index in [2.05, 4.69) is 5.32 Å². The molecular formula is C15H21FN2O4S. The lowest BCUT2D eigenvalue weighted by Gasteiger charge is -2.34. The first-order valence-corrected chi connectivity index (χ1v) is 9.09. The number of amides is 1. The van der Waals surface area contributed by atoms with Crippen molar-refractivity contribution in [3.8, 4) is 0 Å². The van der Waals surface area contributed by atoms with Gasteiger partial charge < -0.3 is 15.8 Å². The zero-order chi connectivity index (χ0) is 16.9. The molecule has 1 heterocycles. The highest BCUT2D eigenvalue weighted by molar-refractivity contribution is 7.91. The van der Waals surface area contributed by atoms with E-state index in [0.29, 0.717) is 26.1 Å². The van der Waals surface area contributed by atoms with Crippen LogP contribution in [0, 0.1) is 11.2 Å². The molecule has 1 aliphatic rings. The molecule has 6 nitrogen and oxygen atoms in total. The number of rotatable bonds is 6. The van der Waals surface area contributed by atoms with Gasteiger partial charge in [-0.25, -0.2) is 12.8 Å². The third kappa shape index (κ3) is 4.27. The molecule has 0 aromatic heterocycles. The molecule has 3 N–H and O–H groups in total. The van der Waals surface area contributed by atoms with Crippen molar-refractivity contribution in [3.05, 3.63) is 30.1 Å². The minimum absolute atomic E-state index is 0.0127. The number of carbonyl (C=O) groups is 1. The summed E-state index contributed by atoms with van der Waals surface area (Å²) in [5.74, 6) is -0.985. The molecule has 0 saturated carbocycles. The van der Waals surface area contributed by atoms with Crippen molar-refractivity contribution in [1.29, 1.82) is 0 Å². The lowest BCUT2D eigenvalue weighted by atomic mass is 9.79. The predicted octanol–water partition coefficient (Wildman–Crippen LogP) is 0.471. The van der Waals surface area contributed by atoms with Crippen LogP contribution in [-0.4, -0.2) is 46.4 Å². The molecule has 128 valence electrons. The standard InChI is InChI=1S/C15H21FN2O4S/c16-12-1-3-13(4-2-12)23(20,21)10-7-18-14(19)15(11-17)5-8-22-9-6-15/h1-4H,5-11,17H2,(H,18,19). The van der Waals surface area contributed by atoms with Crippen LogP contribution in [-0.2, 0) is 19.4 Å². The molecule has 0 aliphatic carbocycles. The molecule has 1 aromatic rings. The van der Waals surface area contributed by atoms with Crippen LogP contribution in [0.5, 0.6) is 0 Å². The van der Waals surface area contributed by atoms with E-state index in [9.17, 15) is 17.6 Å². The summed E-state index contributed by atoms with van der Waals surface area (Å²) >= 11 is 0. The molecular weight excluding hydrogens is 323 g/mol. The number of carbonyl (C=O) groups excluding carboxylic acids is 1. The fraction of sp³-hybridized carbons (Fsp3) is 0.533. The van der Waals surface area contributed by atoms with Gasteiger partial charge in [-0.2, -0.15) is 0 Å². The van der Waals surface area contributed by atoms with Gasteiger partial charge in [0, 0.05) is 26.3 Å². The van der Waals surface area contributed by atoms with Crippen molar-refractivity contribution >= 4 is 15.7 Å². The average Bonchev–Trinajstić information content (AvgIpc) is 2.55. The Labute approximate surface area is 135 Å². The number of hydrogen-bond acceptors (Lipinski definition) is 5. The summed E-state index contributed by atoms with van der Waals surface area (Å²) in [7, 11) is -3.57. The minimum Gasteiger partial charge on any atom is -0.381 e. The SMILES string of the molecule is NCC1(C(=O)NCCS(=O)(=O)c2ccc(F)cc2)CCOCC1. The van der Waals surface area contributed by atoms with Crippen LogP contribution in [0.25, 0.3) is 0 Å². The third-order valence-corrected chi connectivity index (χ3v) is 5.88. The number of benzene rings is 1. The summed E-state index contributed by atoms with van der Waals surface area (Å²) in [6.07, 6.45) is 1.06. The van der Waals surface area contributed by atoms with E-state index < -0.39 is 21.1 Å². The Kier molecular flexibility index (Phi) is 5.72. The quantitative estimate of drug-likeness (QED) is 0.731. The smallest absolute Gasteiger partial charge is 0.227 e. The van der Waals surface area contributed by atoms with Crippen molar-refractivity contribution in [2.24, 2.45) is 11.1 Å². The van der Waals surface area contributed by atoms with Crippen LogP contribution < -0.4 is 11.1 Å². The third-order valence-electron chi connectivity index (χ3n) is 4.15. The van der Waals surface area contributed by atoms with Crippen molar-refractivity contribution in [3.63, 3.8) is 0 Å². The molecule has 8 heteroatoms. The second kappa shape index (κ2) is 7.37. The summed E-state index contributed by atoms with van der Waals surface area (Å²) in [5, 5.41) is 2.65. The van der Waals surface area contributed by atoms with E-state index in [0.717, 1.165) is 12.1 Å². The number of ether oxygens (including phenoxy) is 1. The molecule has 2 rings (SSSR count). The molecule has 0 bridgehead atoms. The van der Waals surface area contributed by atoms with E-state index in [1.54, 1.807) is 0 Å². The largest absolute Gasteiger partial charge is 0.381 e. The second-order valence-electron chi connectivity index (χ2n) is 5.63. The monoisotopic (exact) mass is 344 g/mol. The number of halogens is 1. The maximum Gasteiger partial charge on any atom is 0.227 e. The van der Waals surface area contributed by atoms with E-state index in [1.165, 1.54) is 12.1 Å². The van der Waals surface area contributed by atoms with Crippen molar-refractivity contribution < 1.29 is 22.3 Å². The number of sulfone groups is 1. The Morgan fingerprint density at radius 2 is 1.87 bits per heavy atom. The van der Waals surface area contributed by atoms with Gasteiger partial charge >= 0.3 is 0 Å². The summed E-state index contributed by atoms with van der Waals surface area (Å²) in [6.45, 7) is 1.13. The summed E-state index contributed by atoms with van der Waals surface area (Å²) in [5.41, 5.74) is 5.05. The number of hydrogen-bond donors (Lipinski definition) is 2. The van der Waals surface area contributed by atoms with Crippen LogP contribution in [0.1, 0.15) is 12.8 Å². The second-order valence-corrected chi connectivity index (χ2v) is 7.73. The van der Waals surface area contributed by atoms with E-state index in [4.69, 9.17) is 10.5 Å². The molecule has 1 amide bonds. The van der Waals surface area contributed by atoms with Crippen molar-refractivity contribution in [2.45, 2.75) is 17.7 Å². The Morgan fingerprint density at radius 3 is 2.43 bits per heavy atom. The molecule has 1 aliphatic heterocycles. The average molecular weight is 344 g/mol. The van der Waals surface area contributed by atoms with Gasteiger partial charge in [0.1, 0.15) is 5.82 Å². The first-order chi connectivity index (χ1) is 10.9. The van der Waals surface area contributed by atoms with Crippen LogP contribution in [0.3, 0.4) is 0 Å². The lowest BCUT2D eigenvalue weighted by molar-refractivity contribution is -0.135. The molecule has 1 fully saturated rings. The number of nitrogens with two attached hydrogens (primary N) is 1. The molecule has 1 saturated heterocycles. The zero-order valence-corrected chi connectivity index (χ0v) is 13.6. The first-order valence-electron chi connectivity index (χ1n) is 7.44. The first kappa shape index (κ1) is 17.8. The van der Waals surface area contributed by atoms with Crippen molar-refractivity contribution in [2.75, 3.05) is 32.1 Å². The van der Waals surface area contributed by atoms with Gasteiger partial charge in [-0.3, -0.25) is 4.79 Å². The maximum absolute atomic E-state index is 12.8. The Balaban J connectivity index is 1.93. The van der Waals surface area contributed by atoms with E-state index >= 15 is 0 Å². The van der Waals surface area contributed by atoms with Crippen LogP contribution in [0.15, 0.2) is 29.2 Å². The van der Waals surface area contributed by atoms with Crippen molar-refractivity contribution in [1.82, 2.24) is 5.32 Å². The van der Waals surface area contributed by atoms with Gasteiger partial charge in [0.2, 0.25) is 5.91 Å². The molecule has 0 spiro atoms. The lowest BCUT2D eigenvalue weighted by Crippen LogP contribution is -2.49. The highest BCUT2D eigenvalue weighted by atomic mass is 32.2. The van der Waals surface area contributed by atoms with Crippen LogP contribution in [0.2, 0.25) is 0 Å². The van der Waals surface area contributed by atoms with Crippen LogP contribution in [0.4, 0.5) is 4.39 Å². The number of nitrogens with one attached hydrogen (secondary N) is 1.